The van der Waals surface area contributed by atoms with Gasteiger partial charge >= 0.3 is 0 Å². The van der Waals surface area contributed by atoms with Gasteiger partial charge in [-0.3, -0.25) is 4.79 Å². The van der Waals surface area contributed by atoms with E-state index in [-0.39, 0.29) is 11.9 Å². The van der Waals surface area contributed by atoms with Gasteiger partial charge in [-0.15, -0.1) is 0 Å². The Morgan fingerprint density at radius 3 is 2.79 bits per heavy atom. The van der Waals surface area contributed by atoms with E-state index in [1.165, 1.54) is 0 Å². The van der Waals surface area contributed by atoms with Gasteiger partial charge < -0.3 is 15.1 Å². The second-order valence-corrected chi connectivity index (χ2v) is 5.13. The molecular weight excluding hydrogens is 238 g/mol. The van der Waals surface area contributed by atoms with Crippen molar-refractivity contribution < 1.29 is 4.79 Å². The van der Waals surface area contributed by atoms with Crippen LogP contribution in [-0.4, -0.2) is 39.1 Å². The van der Waals surface area contributed by atoms with E-state index in [0.29, 0.717) is 0 Å². The number of benzene rings is 1. The highest BCUT2D eigenvalue weighted by Gasteiger charge is 2.30. The molecule has 0 radical (unpaired) electrons. The zero-order chi connectivity index (χ0) is 13.8. The van der Waals surface area contributed by atoms with Gasteiger partial charge in [-0.2, -0.15) is 0 Å². The zero-order valence-corrected chi connectivity index (χ0v) is 12.0. The maximum atomic E-state index is 12.5. The van der Waals surface area contributed by atoms with E-state index in [1.807, 2.05) is 44.1 Å². The molecule has 4 nitrogen and oxygen atoms in total. The first-order valence-electron chi connectivity index (χ1n) is 6.96. The highest BCUT2D eigenvalue weighted by molar-refractivity contribution is 6.00. The van der Waals surface area contributed by atoms with E-state index in [0.717, 1.165) is 37.3 Å². The van der Waals surface area contributed by atoms with E-state index in [2.05, 4.69) is 16.3 Å². The van der Waals surface area contributed by atoms with Crippen molar-refractivity contribution >= 4 is 17.3 Å². The van der Waals surface area contributed by atoms with Crippen LogP contribution in [0.1, 0.15) is 19.8 Å². The summed E-state index contributed by atoms with van der Waals surface area (Å²) in [5, 5.41) is 3.28. The first-order chi connectivity index (χ1) is 9.15. The molecule has 1 saturated heterocycles. The Morgan fingerprint density at radius 2 is 2.11 bits per heavy atom. The number of carbonyl (C=O) groups excluding carboxylic acids is 1. The van der Waals surface area contributed by atoms with Crippen molar-refractivity contribution in [2.45, 2.75) is 25.8 Å². The lowest BCUT2D eigenvalue weighted by Crippen LogP contribution is -2.51. The quantitative estimate of drug-likeness (QED) is 0.898. The summed E-state index contributed by atoms with van der Waals surface area (Å²) in [5.74, 6) is 0.197. The number of para-hydroxylation sites is 2. The summed E-state index contributed by atoms with van der Waals surface area (Å²) < 4.78 is 0. The minimum atomic E-state index is -0.0334. The average Bonchev–Trinajstić information content (AvgIpc) is 2.41. The fourth-order valence-corrected chi connectivity index (χ4v) is 2.62. The highest BCUT2D eigenvalue weighted by Crippen LogP contribution is 2.30. The van der Waals surface area contributed by atoms with Gasteiger partial charge in [-0.05, 0) is 31.5 Å². The molecular formula is C15H23N3O. The van der Waals surface area contributed by atoms with Crippen LogP contribution in [0.4, 0.5) is 11.4 Å². The molecule has 0 aliphatic carbocycles. The first-order valence-corrected chi connectivity index (χ1v) is 6.96. The van der Waals surface area contributed by atoms with Crippen LogP contribution >= 0.6 is 0 Å². The van der Waals surface area contributed by atoms with Crippen LogP contribution in [0.15, 0.2) is 24.3 Å². The lowest BCUT2D eigenvalue weighted by molar-refractivity contribution is -0.121. The third kappa shape index (κ3) is 2.89. The van der Waals surface area contributed by atoms with Gasteiger partial charge in [-0.25, -0.2) is 0 Å². The molecule has 0 spiro atoms. The summed E-state index contributed by atoms with van der Waals surface area (Å²) in [7, 11) is 4.02. The largest absolute Gasteiger partial charge is 0.376 e. The number of nitrogens with one attached hydrogen (secondary N) is 1. The number of anilines is 2. The van der Waals surface area contributed by atoms with Crippen molar-refractivity contribution in [3.63, 3.8) is 0 Å². The molecule has 1 aromatic rings. The van der Waals surface area contributed by atoms with Gasteiger partial charge in [0.15, 0.2) is 0 Å². The zero-order valence-electron chi connectivity index (χ0n) is 12.0. The Kier molecular flexibility index (Phi) is 4.43. The average molecular weight is 261 g/mol. The normalized spacial score (nSPS) is 19.6. The SMILES string of the molecule is CCNC1CCCN(c2ccccc2N(C)C)C1=O. The Hall–Kier alpha value is -1.55. The fraction of sp³-hybridized carbons (Fsp3) is 0.533. The Labute approximate surface area is 115 Å². The second kappa shape index (κ2) is 6.06. The summed E-state index contributed by atoms with van der Waals surface area (Å²) in [6.45, 7) is 3.69. The molecule has 1 unspecified atom stereocenters. The van der Waals surface area contributed by atoms with E-state index in [1.54, 1.807) is 0 Å². The summed E-state index contributed by atoms with van der Waals surface area (Å²) in [6, 6.07) is 8.05. The van der Waals surface area contributed by atoms with Crippen molar-refractivity contribution in [2.75, 3.05) is 37.0 Å². The minimum Gasteiger partial charge on any atom is -0.376 e. The van der Waals surface area contributed by atoms with Crippen molar-refractivity contribution in [3.05, 3.63) is 24.3 Å². The molecule has 1 N–H and O–H groups in total. The Bertz CT molecular complexity index is 443. The summed E-state index contributed by atoms with van der Waals surface area (Å²) in [4.78, 5) is 16.5. The number of carbonyl (C=O) groups is 1. The molecule has 4 heteroatoms. The predicted octanol–water partition coefficient (Wildman–Crippen LogP) is 1.86. The minimum absolute atomic E-state index is 0.0334. The molecule has 1 heterocycles. The molecule has 1 fully saturated rings. The second-order valence-electron chi connectivity index (χ2n) is 5.13. The summed E-state index contributed by atoms with van der Waals surface area (Å²) in [6.07, 6.45) is 1.98. The van der Waals surface area contributed by atoms with Crippen molar-refractivity contribution in [2.24, 2.45) is 0 Å². The lowest BCUT2D eigenvalue weighted by Gasteiger charge is -2.34. The van der Waals surface area contributed by atoms with Gasteiger partial charge in [0.1, 0.15) is 0 Å². The molecule has 2 rings (SSSR count). The van der Waals surface area contributed by atoms with Gasteiger partial charge in [0.2, 0.25) is 5.91 Å². The number of hydrogen-bond donors (Lipinski definition) is 1. The first kappa shape index (κ1) is 13.9. The number of likely N-dealkylation sites (N-methyl/N-ethyl adjacent to an activating group) is 1. The number of hydrogen-bond acceptors (Lipinski definition) is 3. The van der Waals surface area contributed by atoms with Crippen LogP contribution in [-0.2, 0) is 4.79 Å². The van der Waals surface area contributed by atoms with Crippen LogP contribution < -0.4 is 15.1 Å². The summed E-state index contributed by atoms with van der Waals surface area (Å²) >= 11 is 0. The van der Waals surface area contributed by atoms with Crippen LogP contribution in [0.25, 0.3) is 0 Å². The molecule has 104 valence electrons. The standard InChI is InChI=1S/C15H23N3O/c1-4-16-12-8-7-11-18(15(12)19)14-10-6-5-9-13(14)17(2)3/h5-6,9-10,12,16H,4,7-8,11H2,1-3H3. The van der Waals surface area contributed by atoms with Crippen LogP contribution in [0.5, 0.6) is 0 Å². The molecule has 1 atom stereocenters. The maximum absolute atomic E-state index is 12.5. The van der Waals surface area contributed by atoms with Crippen LogP contribution in [0.3, 0.4) is 0 Å². The van der Waals surface area contributed by atoms with Crippen molar-refractivity contribution in [3.8, 4) is 0 Å². The molecule has 1 aromatic carbocycles. The number of amides is 1. The molecule has 0 bridgehead atoms. The van der Waals surface area contributed by atoms with Gasteiger partial charge in [0.05, 0.1) is 17.4 Å². The van der Waals surface area contributed by atoms with Gasteiger partial charge in [0.25, 0.3) is 0 Å². The third-order valence-corrected chi connectivity index (χ3v) is 3.54. The Morgan fingerprint density at radius 1 is 1.37 bits per heavy atom. The number of nitrogens with zero attached hydrogens (tertiary/aromatic N) is 2. The molecule has 0 aromatic heterocycles. The number of rotatable bonds is 4. The molecule has 19 heavy (non-hydrogen) atoms. The third-order valence-electron chi connectivity index (χ3n) is 3.54. The lowest BCUT2D eigenvalue weighted by atomic mass is 10.0. The molecule has 1 amide bonds. The predicted molar refractivity (Wildman–Crippen MR) is 79.8 cm³/mol. The highest BCUT2D eigenvalue weighted by atomic mass is 16.2. The Balaban J connectivity index is 2.28. The van der Waals surface area contributed by atoms with Gasteiger partial charge in [0, 0.05) is 20.6 Å². The van der Waals surface area contributed by atoms with Crippen LogP contribution in [0, 0.1) is 0 Å². The van der Waals surface area contributed by atoms with E-state index >= 15 is 0 Å². The monoisotopic (exact) mass is 261 g/mol. The van der Waals surface area contributed by atoms with E-state index in [4.69, 9.17) is 0 Å². The molecule has 1 aliphatic heterocycles. The molecule has 1 aliphatic rings. The fourth-order valence-electron chi connectivity index (χ4n) is 2.62. The van der Waals surface area contributed by atoms with Crippen LogP contribution in [0.2, 0.25) is 0 Å². The van der Waals surface area contributed by atoms with E-state index < -0.39 is 0 Å². The van der Waals surface area contributed by atoms with Crippen molar-refractivity contribution in [1.82, 2.24) is 5.32 Å². The molecule has 0 saturated carbocycles. The van der Waals surface area contributed by atoms with Gasteiger partial charge in [-0.1, -0.05) is 19.1 Å². The maximum Gasteiger partial charge on any atom is 0.244 e. The topological polar surface area (TPSA) is 35.6 Å². The smallest absolute Gasteiger partial charge is 0.244 e. The number of piperidine rings is 1. The summed E-state index contributed by atoms with van der Waals surface area (Å²) in [5.41, 5.74) is 2.10. The van der Waals surface area contributed by atoms with E-state index in [9.17, 15) is 4.79 Å². The van der Waals surface area contributed by atoms with Crippen molar-refractivity contribution in [1.29, 1.82) is 0 Å².